The van der Waals surface area contributed by atoms with E-state index >= 15 is 0 Å². The van der Waals surface area contributed by atoms with Gasteiger partial charge in [0, 0.05) is 31.6 Å². The van der Waals surface area contributed by atoms with Gasteiger partial charge in [-0.05, 0) is 26.7 Å². The summed E-state index contributed by atoms with van der Waals surface area (Å²) in [5.74, 6) is 0.0973. The van der Waals surface area contributed by atoms with Crippen molar-refractivity contribution in [2.75, 3.05) is 19.6 Å². The number of nitrogens with zero attached hydrogens (tertiary/aromatic N) is 1. The van der Waals surface area contributed by atoms with E-state index in [9.17, 15) is 9.59 Å². The van der Waals surface area contributed by atoms with Crippen LogP contribution in [0, 0.1) is 0 Å². The number of rotatable bonds is 1. The van der Waals surface area contributed by atoms with Crippen molar-refractivity contribution in [3.63, 3.8) is 0 Å². The summed E-state index contributed by atoms with van der Waals surface area (Å²) in [6.45, 7) is 6.45. The van der Waals surface area contributed by atoms with Crippen LogP contribution < -0.4 is 10.6 Å². The van der Waals surface area contributed by atoms with Gasteiger partial charge < -0.3 is 15.5 Å². The van der Waals surface area contributed by atoms with Gasteiger partial charge in [-0.25, -0.2) is 0 Å². The first-order valence-electron chi connectivity index (χ1n) is 6.81. The van der Waals surface area contributed by atoms with Gasteiger partial charge in [0.15, 0.2) is 0 Å². The zero-order valence-electron chi connectivity index (χ0n) is 11.3. The van der Waals surface area contributed by atoms with E-state index in [0.717, 1.165) is 32.4 Å². The van der Waals surface area contributed by atoms with E-state index in [-0.39, 0.29) is 23.4 Å². The number of carbonyl (C=O) groups excluding carboxylic acids is 2. The van der Waals surface area contributed by atoms with Gasteiger partial charge in [-0.15, -0.1) is 0 Å². The van der Waals surface area contributed by atoms with Gasteiger partial charge >= 0.3 is 0 Å². The fourth-order valence-corrected chi connectivity index (χ4v) is 2.71. The molecule has 2 rings (SSSR count). The van der Waals surface area contributed by atoms with Crippen molar-refractivity contribution in [3.8, 4) is 0 Å². The predicted octanol–water partition coefficient (Wildman–Crippen LogP) is 0.256. The Balaban J connectivity index is 1.99. The standard InChI is InChI=1S/C13H23N3O2/c1-13(2)9-16(8-7-14-13)12(18)10-5-3-4-6-11(17)15-10/h10,14H,3-9H2,1-2H3,(H,15,17). The van der Waals surface area contributed by atoms with Crippen molar-refractivity contribution in [2.45, 2.75) is 51.1 Å². The Hall–Kier alpha value is -1.10. The molecule has 1 atom stereocenters. The van der Waals surface area contributed by atoms with Gasteiger partial charge in [-0.2, -0.15) is 0 Å². The van der Waals surface area contributed by atoms with Crippen LogP contribution in [-0.4, -0.2) is 47.9 Å². The van der Waals surface area contributed by atoms with Crippen molar-refractivity contribution < 1.29 is 9.59 Å². The van der Waals surface area contributed by atoms with Crippen molar-refractivity contribution in [1.82, 2.24) is 15.5 Å². The summed E-state index contributed by atoms with van der Waals surface area (Å²) in [7, 11) is 0. The summed E-state index contributed by atoms with van der Waals surface area (Å²) in [6, 6.07) is -0.311. The normalized spacial score (nSPS) is 28.4. The summed E-state index contributed by atoms with van der Waals surface area (Å²) in [4.78, 5) is 25.8. The molecule has 2 N–H and O–H groups in total. The third-order valence-corrected chi connectivity index (χ3v) is 3.66. The molecule has 0 bridgehead atoms. The quantitative estimate of drug-likeness (QED) is 0.704. The lowest BCUT2D eigenvalue weighted by Crippen LogP contribution is -2.61. The number of carbonyl (C=O) groups is 2. The van der Waals surface area contributed by atoms with Gasteiger partial charge in [0.2, 0.25) is 11.8 Å². The van der Waals surface area contributed by atoms with E-state index in [1.807, 2.05) is 4.90 Å². The smallest absolute Gasteiger partial charge is 0.245 e. The highest BCUT2D eigenvalue weighted by Gasteiger charge is 2.33. The maximum absolute atomic E-state index is 12.4. The predicted molar refractivity (Wildman–Crippen MR) is 69.1 cm³/mol. The molecule has 2 aliphatic rings. The topological polar surface area (TPSA) is 61.4 Å². The zero-order valence-corrected chi connectivity index (χ0v) is 11.3. The van der Waals surface area contributed by atoms with Crippen molar-refractivity contribution >= 4 is 11.8 Å². The molecule has 2 saturated heterocycles. The van der Waals surface area contributed by atoms with Gasteiger partial charge in [0.1, 0.15) is 6.04 Å². The molecule has 0 radical (unpaired) electrons. The molecule has 5 nitrogen and oxygen atoms in total. The molecule has 0 saturated carbocycles. The van der Waals surface area contributed by atoms with Gasteiger partial charge in [-0.3, -0.25) is 9.59 Å². The lowest BCUT2D eigenvalue weighted by Gasteiger charge is -2.40. The fraction of sp³-hybridized carbons (Fsp3) is 0.846. The van der Waals surface area contributed by atoms with E-state index in [4.69, 9.17) is 0 Å². The molecule has 2 fully saturated rings. The van der Waals surface area contributed by atoms with Crippen molar-refractivity contribution in [3.05, 3.63) is 0 Å². The van der Waals surface area contributed by atoms with Crippen LogP contribution in [0.25, 0.3) is 0 Å². The molecular formula is C13H23N3O2. The molecule has 1 unspecified atom stereocenters. The number of nitrogens with one attached hydrogen (secondary N) is 2. The van der Waals surface area contributed by atoms with Crippen LogP contribution in [-0.2, 0) is 9.59 Å². The summed E-state index contributed by atoms with van der Waals surface area (Å²) < 4.78 is 0. The largest absolute Gasteiger partial charge is 0.344 e. The van der Waals surface area contributed by atoms with E-state index in [2.05, 4.69) is 24.5 Å². The second-order valence-electron chi connectivity index (χ2n) is 5.94. The first-order valence-corrected chi connectivity index (χ1v) is 6.81. The molecule has 5 heteroatoms. The average molecular weight is 253 g/mol. The molecule has 0 aliphatic carbocycles. The molecule has 18 heavy (non-hydrogen) atoms. The number of hydrogen-bond donors (Lipinski definition) is 2. The summed E-state index contributed by atoms with van der Waals surface area (Å²) in [5.41, 5.74) is -0.0390. The third-order valence-electron chi connectivity index (χ3n) is 3.66. The monoisotopic (exact) mass is 253 g/mol. The highest BCUT2D eigenvalue weighted by Crippen LogP contribution is 2.15. The van der Waals surface area contributed by atoms with Gasteiger partial charge in [0.05, 0.1) is 0 Å². The Morgan fingerprint density at radius 2 is 2.17 bits per heavy atom. The molecule has 0 aromatic rings. The van der Waals surface area contributed by atoms with Crippen LogP contribution >= 0.6 is 0 Å². The SMILES string of the molecule is CC1(C)CN(C(=O)C2CCCCC(=O)N2)CCN1. The maximum Gasteiger partial charge on any atom is 0.245 e. The molecule has 102 valence electrons. The third kappa shape index (κ3) is 3.22. The fourth-order valence-electron chi connectivity index (χ4n) is 2.71. The highest BCUT2D eigenvalue weighted by molar-refractivity contribution is 5.88. The minimum absolute atomic E-state index is 0.0141. The van der Waals surface area contributed by atoms with Crippen molar-refractivity contribution in [1.29, 1.82) is 0 Å². The van der Waals surface area contributed by atoms with Crippen LogP contribution in [0.1, 0.15) is 39.5 Å². The van der Waals surface area contributed by atoms with Crippen molar-refractivity contribution in [2.24, 2.45) is 0 Å². The zero-order chi connectivity index (χ0) is 13.2. The van der Waals surface area contributed by atoms with Crippen LogP contribution in [0.5, 0.6) is 0 Å². The van der Waals surface area contributed by atoms with E-state index in [0.29, 0.717) is 13.0 Å². The van der Waals surface area contributed by atoms with E-state index < -0.39 is 0 Å². The number of amides is 2. The Morgan fingerprint density at radius 3 is 2.89 bits per heavy atom. The molecule has 0 aromatic heterocycles. The Bertz CT molecular complexity index is 341. The van der Waals surface area contributed by atoms with Crippen LogP contribution in [0.15, 0.2) is 0 Å². The maximum atomic E-state index is 12.4. The lowest BCUT2D eigenvalue weighted by molar-refractivity contribution is -0.138. The lowest BCUT2D eigenvalue weighted by atomic mass is 10.0. The highest BCUT2D eigenvalue weighted by atomic mass is 16.2. The van der Waals surface area contributed by atoms with Gasteiger partial charge in [0.25, 0.3) is 0 Å². The first-order chi connectivity index (χ1) is 8.48. The molecule has 0 aromatic carbocycles. The molecule has 0 spiro atoms. The average Bonchev–Trinajstić information content (AvgIpc) is 2.51. The Labute approximate surface area is 108 Å². The molecule has 2 amide bonds. The van der Waals surface area contributed by atoms with E-state index in [1.165, 1.54) is 0 Å². The van der Waals surface area contributed by atoms with Gasteiger partial charge in [-0.1, -0.05) is 6.42 Å². The first kappa shape index (κ1) is 13.3. The Morgan fingerprint density at radius 1 is 1.39 bits per heavy atom. The number of piperazine rings is 1. The summed E-state index contributed by atoms with van der Waals surface area (Å²) in [6.07, 6.45) is 3.17. The number of hydrogen-bond acceptors (Lipinski definition) is 3. The summed E-state index contributed by atoms with van der Waals surface area (Å²) in [5, 5.41) is 6.24. The molecule has 2 heterocycles. The molecule has 2 aliphatic heterocycles. The minimum Gasteiger partial charge on any atom is -0.344 e. The van der Waals surface area contributed by atoms with E-state index in [1.54, 1.807) is 0 Å². The second kappa shape index (κ2) is 5.26. The minimum atomic E-state index is -0.311. The summed E-state index contributed by atoms with van der Waals surface area (Å²) >= 11 is 0. The second-order valence-corrected chi connectivity index (χ2v) is 5.94. The molecular weight excluding hydrogens is 230 g/mol. The Kier molecular flexibility index (Phi) is 3.90. The van der Waals surface area contributed by atoms with Crippen LogP contribution in [0.2, 0.25) is 0 Å². The van der Waals surface area contributed by atoms with Crippen LogP contribution in [0.3, 0.4) is 0 Å². The van der Waals surface area contributed by atoms with Crippen LogP contribution in [0.4, 0.5) is 0 Å².